The highest BCUT2D eigenvalue weighted by molar-refractivity contribution is 5.88. The van der Waals surface area contributed by atoms with Gasteiger partial charge < -0.3 is 4.79 Å². The Kier molecular flexibility index (Phi) is 6.48. The number of hydrogen-bond acceptors (Lipinski definition) is 2. The second kappa shape index (κ2) is 8.58. The van der Waals surface area contributed by atoms with Gasteiger partial charge in [0.1, 0.15) is 12.1 Å². The van der Waals surface area contributed by atoms with Crippen molar-refractivity contribution < 1.29 is 9.59 Å². The molecule has 0 radical (unpaired) electrons. The molecule has 2 atom stereocenters. The molecule has 0 aliphatic carbocycles. The maximum Gasteiger partial charge on any atom is 0.141 e. The molecule has 2 aromatic carbocycles. The summed E-state index contributed by atoms with van der Waals surface area (Å²) in [5.41, 5.74) is 3.19. The number of benzene rings is 2. The highest BCUT2D eigenvalue weighted by Crippen LogP contribution is 2.25. The lowest BCUT2D eigenvalue weighted by atomic mass is 9.87. The molecule has 2 rings (SSSR count). The van der Waals surface area contributed by atoms with Crippen LogP contribution in [-0.2, 0) is 16.0 Å². The van der Waals surface area contributed by atoms with E-state index < -0.39 is 0 Å². The normalized spacial score (nSPS) is 13.5. The number of ketones is 1. The second-order valence-electron chi connectivity index (χ2n) is 6.88. The third-order valence-corrected chi connectivity index (χ3v) is 4.42. The van der Waals surface area contributed by atoms with E-state index in [9.17, 15) is 9.59 Å². The van der Waals surface area contributed by atoms with Crippen molar-refractivity contribution in [2.75, 3.05) is 0 Å². The quantitative estimate of drug-likeness (QED) is 0.646. The van der Waals surface area contributed by atoms with Crippen molar-refractivity contribution in [1.29, 1.82) is 0 Å². The first kappa shape index (κ1) is 18.1. The fourth-order valence-corrected chi connectivity index (χ4v) is 2.94. The number of carbonyl (C=O) groups is 2. The summed E-state index contributed by atoms with van der Waals surface area (Å²) in [5, 5.41) is 0. The third kappa shape index (κ3) is 4.89. The fraction of sp³-hybridized carbons (Fsp3) is 0.364. The molecule has 0 amide bonds. The lowest BCUT2D eigenvalue weighted by Crippen LogP contribution is -2.14. The van der Waals surface area contributed by atoms with E-state index in [4.69, 9.17) is 0 Å². The van der Waals surface area contributed by atoms with Gasteiger partial charge in [-0.1, -0.05) is 75.4 Å². The molecule has 0 aliphatic heterocycles. The predicted octanol–water partition coefficient (Wildman–Crippen LogP) is 4.93. The van der Waals surface area contributed by atoms with Crippen LogP contribution in [0.5, 0.6) is 0 Å². The lowest BCUT2D eigenvalue weighted by molar-refractivity contribution is -0.122. The van der Waals surface area contributed by atoms with Crippen LogP contribution in [0.1, 0.15) is 55.7 Å². The van der Waals surface area contributed by atoms with Gasteiger partial charge >= 0.3 is 0 Å². The highest BCUT2D eigenvalue weighted by atomic mass is 16.1. The Morgan fingerprint density at radius 1 is 0.917 bits per heavy atom. The summed E-state index contributed by atoms with van der Waals surface area (Å²) in [4.78, 5) is 24.1. The van der Waals surface area contributed by atoms with Crippen LogP contribution in [0, 0.1) is 5.92 Å². The van der Waals surface area contributed by atoms with E-state index in [2.05, 4.69) is 26.0 Å². The first-order chi connectivity index (χ1) is 11.5. The zero-order valence-corrected chi connectivity index (χ0v) is 14.7. The van der Waals surface area contributed by atoms with Gasteiger partial charge in [-0.2, -0.15) is 0 Å². The third-order valence-electron chi connectivity index (χ3n) is 4.42. The summed E-state index contributed by atoms with van der Waals surface area (Å²) in [6.07, 6.45) is 2.17. The molecule has 0 fully saturated rings. The molecule has 0 heterocycles. The van der Waals surface area contributed by atoms with Crippen LogP contribution in [0.15, 0.2) is 54.6 Å². The Hall–Kier alpha value is -2.22. The summed E-state index contributed by atoms with van der Waals surface area (Å²) >= 11 is 0. The smallest absolute Gasteiger partial charge is 0.141 e. The molecular formula is C22H26O2. The zero-order chi connectivity index (χ0) is 17.5. The molecule has 0 saturated heterocycles. The molecule has 126 valence electrons. The van der Waals surface area contributed by atoms with Gasteiger partial charge in [-0.3, -0.25) is 4.79 Å². The van der Waals surface area contributed by atoms with Crippen LogP contribution < -0.4 is 0 Å². The Labute approximate surface area is 144 Å². The molecule has 2 aromatic rings. The number of rotatable bonds is 8. The molecule has 0 spiro atoms. The highest BCUT2D eigenvalue weighted by Gasteiger charge is 2.21. The van der Waals surface area contributed by atoms with Crippen molar-refractivity contribution in [3.8, 4) is 0 Å². The summed E-state index contributed by atoms with van der Waals surface area (Å²) in [5.74, 6) is 0.154. The van der Waals surface area contributed by atoms with Gasteiger partial charge in [-0.15, -0.1) is 0 Å². The van der Waals surface area contributed by atoms with Crippen molar-refractivity contribution in [3.05, 3.63) is 71.3 Å². The van der Waals surface area contributed by atoms with Crippen LogP contribution in [0.4, 0.5) is 0 Å². The van der Waals surface area contributed by atoms with E-state index in [1.54, 1.807) is 0 Å². The van der Waals surface area contributed by atoms with Gasteiger partial charge in [0.25, 0.3) is 0 Å². The summed E-state index contributed by atoms with van der Waals surface area (Å²) in [6.45, 7) is 6.28. The molecule has 0 aliphatic rings. The molecular weight excluding hydrogens is 296 g/mol. The van der Waals surface area contributed by atoms with Crippen LogP contribution in [-0.4, -0.2) is 12.1 Å². The molecule has 0 saturated carbocycles. The molecule has 0 aromatic heterocycles. The zero-order valence-electron chi connectivity index (χ0n) is 14.7. The molecule has 0 bridgehead atoms. The molecule has 24 heavy (non-hydrogen) atoms. The van der Waals surface area contributed by atoms with Crippen molar-refractivity contribution in [2.24, 2.45) is 5.92 Å². The molecule has 2 heteroatoms. The van der Waals surface area contributed by atoms with Gasteiger partial charge in [0.15, 0.2) is 0 Å². The topological polar surface area (TPSA) is 34.1 Å². The summed E-state index contributed by atoms with van der Waals surface area (Å²) in [7, 11) is 0. The largest absolute Gasteiger partial charge is 0.303 e. The summed E-state index contributed by atoms with van der Waals surface area (Å²) < 4.78 is 0. The second-order valence-corrected chi connectivity index (χ2v) is 6.88. The van der Waals surface area contributed by atoms with E-state index in [1.165, 1.54) is 5.56 Å². The fourth-order valence-electron chi connectivity index (χ4n) is 2.94. The monoisotopic (exact) mass is 322 g/mol. The minimum atomic E-state index is -0.364. The first-order valence-corrected chi connectivity index (χ1v) is 8.63. The minimum absolute atomic E-state index is 0.101. The van der Waals surface area contributed by atoms with Crippen LogP contribution in [0.2, 0.25) is 0 Å². The Morgan fingerprint density at radius 3 is 2.08 bits per heavy atom. The Morgan fingerprint density at radius 2 is 1.54 bits per heavy atom. The van der Waals surface area contributed by atoms with E-state index in [0.717, 1.165) is 23.8 Å². The molecule has 0 N–H and O–H groups in total. The van der Waals surface area contributed by atoms with Crippen LogP contribution >= 0.6 is 0 Å². The van der Waals surface area contributed by atoms with E-state index in [1.807, 2.05) is 49.4 Å². The molecule has 2 nitrogen and oxygen atoms in total. The van der Waals surface area contributed by atoms with Crippen molar-refractivity contribution >= 4 is 12.1 Å². The predicted molar refractivity (Wildman–Crippen MR) is 98.3 cm³/mol. The van der Waals surface area contributed by atoms with E-state index in [-0.39, 0.29) is 24.0 Å². The number of Topliss-reactive ketones (excluding diaryl/α,β-unsaturated/α-hetero) is 1. The van der Waals surface area contributed by atoms with Gasteiger partial charge in [-0.25, -0.2) is 0 Å². The van der Waals surface area contributed by atoms with Gasteiger partial charge in [0.05, 0.1) is 0 Å². The van der Waals surface area contributed by atoms with Crippen LogP contribution in [0.3, 0.4) is 0 Å². The number of hydrogen-bond donors (Lipinski definition) is 0. The van der Waals surface area contributed by atoms with Crippen molar-refractivity contribution in [2.45, 2.75) is 45.4 Å². The summed E-state index contributed by atoms with van der Waals surface area (Å²) in [6, 6.07) is 17.8. The maximum absolute atomic E-state index is 12.5. The van der Waals surface area contributed by atoms with Gasteiger partial charge in [-0.05, 0) is 29.0 Å². The van der Waals surface area contributed by atoms with Crippen molar-refractivity contribution in [3.63, 3.8) is 0 Å². The van der Waals surface area contributed by atoms with E-state index in [0.29, 0.717) is 5.92 Å². The van der Waals surface area contributed by atoms with Gasteiger partial charge in [0.2, 0.25) is 0 Å². The number of carbonyl (C=O) groups excluding carboxylic acids is 2. The SMILES string of the molecule is CC(C)Cc1ccc(C(C=O)CC(=O)C(C)c2ccccc2)cc1. The number of aldehydes is 1. The maximum atomic E-state index is 12.5. The lowest BCUT2D eigenvalue weighted by Gasteiger charge is -2.15. The van der Waals surface area contributed by atoms with Gasteiger partial charge in [0, 0.05) is 18.3 Å². The van der Waals surface area contributed by atoms with E-state index >= 15 is 0 Å². The standard InChI is InChI=1S/C22H26O2/c1-16(2)13-18-9-11-20(12-10-18)21(15-23)14-22(24)17(3)19-7-5-4-6-8-19/h4-12,15-17,21H,13-14H2,1-3H3. The van der Waals surface area contributed by atoms with Crippen molar-refractivity contribution in [1.82, 2.24) is 0 Å². The van der Waals surface area contributed by atoms with Crippen LogP contribution in [0.25, 0.3) is 0 Å². The minimum Gasteiger partial charge on any atom is -0.303 e. The first-order valence-electron chi connectivity index (χ1n) is 8.63. The average Bonchev–Trinajstić information content (AvgIpc) is 2.60. The average molecular weight is 322 g/mol. The Bertz CT molecular complexity index is 656. The Balaban J connectivity index is 2.06. The molecule has 2 unspecified atom stereocenters.